The topological polar surface area (TPSA) is 87.4 Å². The highest BCUT2D eigenvalue weighted by atomic mass is 19.4. The van der Waals surface area contributed by atoms with Crippen LogP contribution in [0.15, 0.2) is 59.4 Å². The Kier molecular flexibility index (Phi) is 5.46. The molecule has 0 atom stereocenters. The van der Waals surface area contributed by atoms with Gasteiger partial charge in [-0.3, -0.25) is 18.8 Å². The number of rotatable bonds is 5. The third-order valence-electron chi connectivity index (χ3n) is 5.66. The summed E-state index contributed by atoms with van der Waals surface area (Å²) in [5, 5.41) is 6.71. The van der Waals surface area contributed by atoms with E-state index >= 15 is 0 Å². The number of halogens is 3. The van der Waals surface area contributed by atoms with E-state index in [4.69, 9.17) is 9.47 Å². The van der Waals surface area contributed by atoms with E-state index < -0.39 is 29.8 Å². The van der Waals surface area contributed by atoms with Crippen LogP contribution >= 0.6 is 0 Å². The first kappa shape index (κ1) is 22.5. The van der Waals surface area contributed by atoms with Gasteiger partial charge in [-0.05, 0) is 17.7 Å². The van der Waals surface area contributed by atoms with Gasteiger partial charge in [0.2, 0.25) is 12.7 Å². The number of hydrogen-bond donors (Lipinski definition) is 1. The molecule has 0 unspecified atom stereocenters. The van der Waals surface area contributed by atoms with Crippen molar-refractivity contribution in [3.8, 4) is 22.8 Å². The molecule has 0 bridgehead atoms. The molecular weight excluding hydrogens is 465 g/mol. The number of hydrogen-bond acceptors (Lipinski definition) is 5. The number of amides is 1. The van der Waals surface area contributed by atoms with E-state index in [1.54, 1.807) is 48.5 Å². The molecule has 11 heteroatoms. The first-order chi connectivity index (χ1) is 16.7. The Bertz CT molecular complexity index is 1490. The molecular formula is C24H19F3N4O4. The van der Waals surface area contributed by atoms with Gasteiger partial charge < -0.3 is 14.8 Å². The fourth-order valence-electron chi connectivity index (χ4n) is 4.08. The largest absolute Gasteiger partial charge is 0.454 e. The Morgan fingerprint density at radius 1 is 1.09 bits per heavy atom. The average Bonchev–Trinajstić information content (AvgIpc) is 3.43. The van der Waals surface area contributed by atoms with E-state index in [1.165, 1.54) is 11.7 Å². The van der Waals surface area contributed by atoms with Crippen molar-refractivity contribution >= 4 is 16.9 Å². The normalized spacial score (nSPS) is 12.8. The molecule has 0 spiro atoms. The number of pyridine rings is 1. The van der Waals surface area contributed by atoms with Crippen molar-refractivity contribution < 1.29 is 27.4 Å². The maximum atomic E-state index is 13.9. The second-order valence-electron chi connectivity index (χ2n) is 7.98. The molecule has 0 saturated carbocycles. The first-order valence-corrected chi connectivity index (χ1v) is 10.6. The molecule has 0 fully saturated rings. The van der Waals surface area contributed by atoms with Crippen molar-refractivity contribution in [3.63, 3.8) is 0 Å². The zero-order valence-corrected chi connectivity index (χ0v) is 18.4. The number of ether oxygens (including phenoxy) is 2. The maximum absolute atomic E-state index is 13.9. The predicted molar refractivity (Wildman–Crippen MR) is 120 cm³/mol. The number of fused-ring (bicyclic) bond motifs is 2. The van der Waals surface area contributed by atoms with Crippen LogP contribution in [0.5, 0.6) is 11.5 Å². The summed E-state index contributed by atoms with van der Waals surface area (Å²) in [6.45, 7) is -0.228. The number of nitrogens with one attached hydrogen (secondary N) is 1. The number of alkyl halides is 3. The fraction of sp³-hybridized carbons (Fsp3) is 0.208. The molecule has 0 aliphatic carbocycles. The first-order valence-electron chi connectivity index (χ1n) is 10.6. The number of nitrogens with zero attached hydrogens (tertiary/aromatic N) is 3. The highest BCUT2D eigenvalue weighted by Gasteiger charge is 2.37. The third-order valence-corrected chi connectivity index (χ3v) is 5.66. The van der Waals surface area contributed by atoms with Gasteiger partial charge >= 0.3 is 6.18 Å². The van der Waals surface area contributed by atoms with E-state index in [0.717, 1.165) is 10.1 Å². The lowest BCUT2D eigenvalue weighted by Crippen LogP contribution is -2.33. The summed E-state index contributed by atoms with van der Waals surface area (Å²) in [4.78, 5) is 25.5. The van der Waals surface area contributed by atoms with Crippen LogP contribution in [0.2, 0.25) is 0 Å². The monoisotopic (exact) mass is 484 g/mol. The van der Waals surface area contributed by atoms with Crippen molar-refractivity contribution in [1.82, 2.24) is 19.7 Å². The van der Waals surface area contributed by atoms with E-state index in [2.05, 4.69) is 10.4 Å². The molecule has 1 N–H and O–H groups in total. The Morgan fingerprint density at radius 3 is 2.57 bits per heavy atom. The van der Waals surface area contributed by atoms with Gasteiger partial charge in [-0.1, -0.05) is 36.4 Å². The fourth-order valence-corrected chi connectivity index (χ4v) is 4.08. The summed E-state index contributed by atoms with van der Waals surface area (Å²) in [7, 11) is 1.44. The molecule has 2 aromatic carbocycles. The average molecular weight is 484 g/mol. The maximum Gasteiger partial charge on any atom is 0.417 e. The van der Waals surface area contributed by atoms with Gasteiger partial charge in [0, 0.05) is 25.2 Å². The molecule has 180 valence electrons. The minimum atomic E-state index is -4.79. The number of carbonyl (C=O) groups is 1. The van der Waals surface area contributed by atoms with Gasteiger partial charge in [-0.15, -0.1) is 0 Å². The molecule has 0 saturated heterocycles. The van der Waals surface area contributed by atoms with Gasteiger partial charge in [0.15, 0.2) is 11.5 Å². The Hall–Kier alpha value is -4.28. The van der Waals surface area contributed by atoms with Crippen LogP contribution < -0.4 is 20.3 Å². The number of aryl methyl sites for hydroxylation is 1. The molecule has 2 aromatic heterocycles. The summed E-state index contributed by atoms with van der Waals surface area (Å²) >= 11 is 0. The molecule has 0 radical (unpaired) electrons. The van der Waals surface area contributed by atoms with Crippen LogP contribution in [-0.4, -0.2) is 27.0 Å². The van der Waals surface area contributed by atoms with Crippen molar-refractivity contribution in [2.45, 2.75) is 19.3 Å². The van der Waals surface area contributed by atoms with Crippen molar-refractivity contribution in [2.24, 2.45) is 7.05 Å². The number of aromatic nitrogens is 3. The highest BCUT2D eigenvalue weighted by molar-refractivity contribution is 5.95. The standard InChI is InChI=1S/C24H19F3N4O4/c1-30-23-21(22(29-30)15-5-3-2-4-6-15)16(24(25,26)27)10-20(33)31(23)12-19(32)28-11-14-7-8-17-18(9-14)35-13-34-17/h2-10H,11-13H2,1H3,(H,28,32). The predicted octanol–water partition coefficient (Wildman–Crippen LogP) is 3.47. The summed E-state index contributed by atoms with van der Waals surface area (Å²) < 4.78 is 54.5. The Labute approximate surface area is 196 Å². The van der Waals surface area contributed by atoms with E-state index in [-0.39, 0.29) is 30.1 Å². The van der Waals surface area contributed by atoms with Gasteiger partial charge in [0.25, 0.3) is 5.56 Å². The van der Waals surface area contributed by atoms with Gasteiger partial charge in [-0.2, -0.15) is 18.3 Å². The minimum absolute atomic E-state index is 0.0740. The summed E-state index contributed by atoms with van der Waals surface area (Å²) in [6.07, 6.45) is -4.79. The van der Waals surface area contributed by atoms with Gasteiger partial charge in [-0.25, -0.2) is 0 Å². The van der Waals surface area contributed by atoms with E-state index in [1.807, 2.05) is 0 Å². The third kappa shape index (κ3) is 4.20. The van der Waals surface area contributed by atoms with Crippen LogP contribution in [0.1, 0.15) is 11.1 Å². The van der Waals surface area contributed by atoms with E-state index in [0.29, 0.717) is 23.1 Å². The Balaban J connectivity index is 1.50. The van der Waals surface area contributed by atoms with Crippen molar-refractivity contribution in [2.75, 3.05) is 6.79 Å². The number of benzene rings is 2. The molecule has 1 aliphatic heterocycles. The summed E-state index contributed by atoms with van der Waals surface area (Å²) in [6, 6.07) is 14.1. The highest BCUT2D eigenvalue weighted by Crippen LogP contribution is 2.38. The second-order valence-corrected chi connectivity index (χ2v) is 7.98. The molecule has 3 heterocycles. The SMILES string of the molecule is Cn1nc(-c2ccccc2)c2c(C(F)(F)F)cc(=O)n(CC(=O)NCc3ccc4c(c3)OCO4)c21. The molecule has 1 aliphatic rings. The lowest BCUT2D eigenvalue weighted by Gasteiger charge is -2.14. The quantitative estimate of drug-likeness (QED) is 0.469. The molecule has 4 aromatic rings. The van der Waals surface area contributed by atoms with Crippen LogP contribution in [0.3, 0.4) is 0 Å². The van der Waals surface area contributed by atoms with Crippen LogP contribution in [0.4, 0.5) is 13.2 Å². The Morgan fingerprint density at radius 2 is 1.83 bits per heavy atom. The lowest BCUT2D eigenvalue weighted by molar-refractivity contribution is -0.136. The van der Waals surface area contributed by atoms with Crippen LogP contribution in [0.25, 0.3) is 22.3 Å². The van der Waals surface area contributed by atoms with E-state index in [9.17, 15) is 22.8 Å². The van der Waals surface area contributed by atoms with Gasteiger partial charge in [0.1, 0.15) is 17.9 Å². The number of carbonyl (C=O) groups excluding carboxylic acids is 1. The zero-order chi connectivity index (χ0) is 24.7. The molecule has 1 amide bonds. The summed E-state index contributed by atoms with van der Waals surface area (Å²) in [5.41, 5.74) is -0.876. The van der Waals surface area contributed by atoms with Crippen LogP contribution in [0, 0.1) is 0 Å². The molecule has 35 heavy (non-hydrogen) atoms. The van der Waals surface area contributed by atoms with Crippen molar-refractivity contribution in [3.05, 3.63) is 76.1 Å². The molecule has 8 nitrogen and oxygen atoms in total. The van der Waals surface area contributed by atoms with Crippen LogP contribution in [-0.2, 0) is 31.1 Å². The second kappa shape index (κ2) is 8.49. The molecule has 5 rings (SSSR count). The smallest absolute Gasteiger partial charge is 0.417 e. The zero-order valence-electron chi connectivity index (χ0n) is 18.4. The lowest BCUT2D eigenvalue weighted by atomic mass is 10.0. The summed E-state index contributed by atoms with van der Waals surface area (Å²) in [5.74, 6) is 0.609. The van der Waals surface area contributed by atoms with Gasteiger partial charge in [0.05, 0.1) is 10.9 Å². The minimum Gasteiger partial charge on any atom is -0.454 e. The van der Waals surface area contributed by atoms with Crippen molar-refractivity contribution in [1.29, 1.82) is 0 Å².